The lowest BCUT2D eigenvalue weighted by atomic mass is 10.1. The fraction of sp³-hybridized carbons (Fsp3) is 0.438. The van der Waals surface area contributed by atoms with Crippen LogP contribution in [0.15, 0.2) is 42.7 Å². The van der Waals surface area contributed by atoms with Gasteiger partial charge in [-0.2, -0.15) is 5.10 Å². The van der Waals surface area contributed by atoms with Crippen LogP contribution < -0.4 is 5.73 Å². The zero-order valence-corrected chi connectivity index (χ0v) is 11.9. The molecule has 1 aliphatic rings. The van der Waals surface area contributed by atoms with Crippen molar-refractivity contribution >= 4 is 0 Å². The summed E-state index contributed by atoms with van der Waals surface area (Å²) >= 11 is 0. The predicted molar refractivity (Wildman–Crippen MR) is 80.6 cm³/mol. The van der Waals surface area contributed by atoms with Crippen molar-refractivity contribution in [3.05, 3.63) is 48.3 Å². The Labute approximate surface area is 120 Å². The zero-order chi connectivity index (χ0) is 13.9. The monoisotopic (exact) mass is 270 g/mol. The minimum Gasteiger partial charge on any atom is -0.330 e. The average Bonchev–Trinajstić information content (AvgIpc) is 3.08. The Bertz CT molecular complexity index is 549. The van der Waals surface area contributed by atoms with Crippen LogP contribution in [0, 0.1) is 5.92 Å². The van der Waals surface area contributed by atoms with Crippen LogP contribution in [0.2, 0.25) is 0 Å². The van der Waals surface area contributed by atoms with Gasteiger partial charge in [-0.25, -0.2) is 4.68 Å². The fourth-order valence-electron chi connectivity index (χ4n) is 3.01. The summed E-state index contributed by atoms with van der Waals surface area (Å²) in [6.07, 6.45) is 5.30. The van der Waals surface area contributed by atoms with Crippen molar-refractivity contribution in [2.24, 2.45) is 11.7 Å². The molecular weight excluding hydrogens is 248 g/mol. The molecule has 106 valence electrons. The average molecular weight is 270 g/mol. The van der Waals surface area contributed by atoms with Crippen molar-refractivity contribution in [3.8, 4) is 5.69 Å². The van der Waals surface area contributed by atoms with Crippen LogP contribution in [-0.2, 0) is 6.54 Å². The molecule has 0 aliphatic carbocycles. The van der Waals surface area contributed by atoms with Gasteiger partial charge in [0.05, 0.1) is 11.9 Å². The van der Waals surface area contributed by atoms with E-state index in [4.69, 9.17) is 5.73 Å². The number of hydrogen-bond acceptors (Lipinski definition) is 3. The van der Waals surface area contributed by atoms with E-state index in [1.807, 2.05) is 29.1 Å². The molecule has 2 aromatic rings. The Morgan fingerprint density at radius 3 is 2.80 bits per heavy atom. The van der Waals surface area contributed by atoms with E-state index in [0.717, 1.165) is 25.3 Å². The minimum atomic E-state index is 0.614. The van der Waals surface area contributed by atoms with Crippen LogP contribution in [0.1, 0.15) is 18.9 Å². The van der Waals surface area contributed by atoms with Gasteiger partial charge in [-0.15, -0.1) is 0 Å². The van der Waals surface area contributed by atoms with E-state index < -0.39 is 0 Å². The Morgan fingerprint density at radius 1 is 1.30 bits per heavy atom. The summed E-state index contributed by atoms with van der Waals surface area (Å²) in [6, 6.07) is 10.8. The molecule has 0 amide bonds. The van der Waals surface area contributed by atoms with Crippen molar-refractivity contribution in [1.82, 2.24) is 14.7 Å². The molecule has 2 heterocycles. The number of aromatic nitrogens is 2. The lowest BCUT2D eigenvalue weighted by Crippen LogP contribution is -2.27. The van der Waals surface area contributed by atoms with Gasteiger partial charge in [0.15, 0.2) is 0 Å². The molecule has 1 aromatic heterocycles. The summed E-state index contributed by atoms with van der Waals surface area (Å²) in [5, 5.41) is 4.46. The Morgan fingerprint density at radius 2 is 2.10 bits per heavy atom. The van der Waals surface area contributed by atoms with Gasteiger partial charge in [-0.1, -0.05) is 18.2 Å². The maximum absolute atomic E-state index is 5.79. The van der Waals surface area contributed by atoms with Gasteiger partial charge in [0.25, 0.3) is 0 Å². The van der Waals surface area contributed by atoms with Crippen molar-refractivity contribution in [3.63, 3.8) is 0 Å². The smallest absolute Gasteiger partial charge is 0.0645 e. The van der Waals surface area contributed by atoms with Crippen LogP contribution in [0.4, 0.5) is 0 Å². The number of benzene rings is 1. The normalized spacial score (nSPS) is 23.3. The third kappa shape index (κ3) is 2.76. The van der Waals surface area contributed by atoms with Crippen LogP contribution in [0.3, 0.4) is 0 Å². The lowest BCUT2D eigenvalue weighted by Gasteiger charge is -2.19. The Hall–Kier alpha value is -1.65. The van der Waals surface area contributed by atoms with E-state index >= 15 is 0 Å². The molecule has 4 heteroatoms. The molecular formula is C16H22N4. The third-order valence-electron chi connectivity index (χ3n) is 4.17. The molecule has 1 saturated heterocycles. The standard InChI is InChI=1S/C16H22N4/c1-13-7-14(8-17)10-19(13)11-15-9-18-20(12-15)16-5-3-2-4-6-16/h2-6,9,12-14H,7-8,10-11,17H2,1H3. The van der Waals surface area contributed by atoms with Gasteiger partial charge in [0, 0.05) is 30.9 Å². The number of para-hydroxylation sites is 1. The topological polar surface area (TPSA) is 47.1 Å². The van der Waals surface area contributed by atoms with Crippen molar-refractivity contribution in [1.29, 1.82) is 0 Å². The predicted octanol–water partition coefficient (Wildman–Crippen LogP) is 2.04. The fourth-order valence-corrected chi connectivity index (χ4v) is 3.01. The van der Waals surface area contributed by atoms with Gasteiger partial charge in [0.1, 0.15) is 0 Å². The maximum atomic E-state index is 5.79. The van der Waals surface area contributed by atoms with Gasteiger partial charge in [-0.05, 0) is 37.9 Å². The molecule has 20 heavy (non-hydrogen) atoms. The highest BCUT2D eigenvalue weighted by Crippen LogP contribution is 2.24. The second kappa shape index (κ2) is 5.77. The molecule has 2 N–H and O–H groups in total. The number of nitrogens with zero attached hydrogens (tertiary/aromatic N) is 3. The van der Waals surface area contributed by atoms with E-state index in [1.54, 1.807) is 0 Å². The number of likely N-dealkylation sites (tertiary alicyclic amines) is 1. The van der Waals surface area contributed by atoms with Crippen LogP contribution >= 0.6 is 0 Å². The first-order valence-corrected chi connectivity index (χ1v) is 7.29. The maximum Gasteiger partial charge on any atom is 0.0645 e. The summed E-state index contributed by atoms with van der Waals surface area (Å²) in [7, 11) is 0. The molecule has 0 saturated carbocycles. The summed E-state index contributed by atoms with van der Waals surface area (Å²) in [4.78, 5) is 2.50. The molecule has 2 atom stereocenters. The van der Waals surface area contributed by atoms with E-state index in [0.29, 0.717) is 12.0 Å². The number of nitrogens with two attached hydrogens (primary N) is 1. The molecule has 0 spiro atoms. The highest BCUT2D eigenvalue weighted by molar-refractivity contribution is 5.30. The van der Waals surface area contributed by atoms with Crippen molar-refractivity contribution in [2.75, 3.05) is 13.1 Å². The number of hydrogen-bond donors (Lipinski definition) is 1. The molecule has 0 bridgehead atoms. The minimum absolute atomic E-state index is 0.614. The van der Waals surface area contributed by atoms with Gasteiger partial charge in [0.2, 0.25) is 0 Å². The quantitative estimate of drug-likeness (QED) is 0.925. The molecule has 1 aromatic carbocycles. The largest absolute Gasteiger partial charge is 0.330 e. The van der Waals surface area contributed by atoms with Crippen molar-refractivity contribution < 1.29 is 0 Å². The second-order valence-corrected chi connectivity index (χ2v) is 5.74. The van der Waals surface area contributed by atoms with E-state index in [1.165, 1.54) is 12.0 Å². The van der Waals surface area contributed by atoms with Gasteiger partial charge < -0.3 is 5.73 Å². The molecule has 3 rings (SSSR count). The Kier molecular flexibility index (Phi) is 3.85. The van der Waals surface area contributed by atoms with Crippen LogP contribution in [0.5, 0.6) is 0 Å². The Balaban J connectivity index is 1.69. The van der Waals surface area contributed by atoms with E-state index in [9.17, 15) is 0 Å². The van der Waals surface area contributed by atoms with Gasteiger partial charge in [-0.3, -0.25) is 4.90 Å². The lowest BCUT2D eigenvalue weighted by molar-refractivity contribution is 0.256. The zero-order valence-electron chi connectivity index (χ0n) is 11.9. The first kappa shape index (κ1) is 13.3. The highest BCUT2D eigenvalue weighted by Gasteiger charge is 2.28. The number of rotatable bonds is 4. The van der Waals surface area contributed by atoms with Crippen LogP contribution in [-0.4, -0.2) is 33.8 Å². The van der Waals surface area contributed by atoms with Gasteiger partial charge >= 0.3 is 0 Å². The first-order chi connectivity index (χ1) is 9.76. The molecule has 4 nitrogen and oxygen atoms in total. The summed E-state index contributed by atoms with van der Waals surface area (Å²) in [5.41, 5.74) is 8.16. The SMILES string of the molecule is CC1CC(CN)CN1Cc1cnn(-c2ccccc2)c1. The van der Waals surface area contributed by atoms with Crippen molar-refractivity contribution in [2.45, 2.75) is 25.9 Å². The van der Waals surface area contributed by atoms with E-state index in [-0.39, 0.29) is 0 Å². The third-order valence-corrected chi connectivity index (χ3v) is 4.17. The van der Waals surface area contributed by atoms with Crippen LogP contribution in [0.25, 0.3) is 5.69 Å². The molecule has 1 aliphatic heterocycles. The first-order valence-electron chi connectivity index (χ1n) is 7.29. The highest BCUT2D eigenvalue weighted by atomic mass is 15.3. The summed E-state index contributed by atoms with van der Waals surface area (Å²) in [6.45, 7) is 5.15. The summed E-state index contributed by atoms with van der Waals surface area (Å²) < 4.78 is 1.94. The molecule has 2 unspecified atom stereocenters. The van der Waals surface area contributed by atoms with E-state index in [2.05, 4.69) is 35.3 Å². The summed E-state index contributed by atoms with van der Waals surface area (Å²) in [5.74, 6) is 0.647. The molecule has 1 fully saturated rings. The second-order valence-electron chi connectivity index (χ2n) is 5.74. The molecule has 0 radical (unpaired) electrons.